The number of nitro groups is 1. The summed E-state index contributed by atoms with van der Waals surface area (Å²) in [7, 11) is -2.80. The first-order chi connectivity index (χ1) is 27.6. The maximum atomic E-state index is 13.7. The summed E-state index contributed by atoms with van der Waals surface area (Å²) in [6, 6.07) is 42.9. The van der Waals surface area contributed by atoms with Crippen LogP contribution < -0.4 is 14.8 Å². The van der Waals surface area contributed by atoms with Crippen LogP contribution in [-0.4, -0.2) is 44.1 Å². The third-order valence-electron chi connectivity index (χ3n) is 9.40. The molecular weight excluding hydrogens is 745 g/mol. The van der Waals surface area contributed by atoms with E-state index in [9.17, 15) is 28.4 Å². The van der Waals surface area contributed by atoms with Crippen molar-refractivity contribution in [3.63, 3.8) is 0 Å². The number of rotatable bonds is 18. The summed E-state index contributed by atoms with van der Waals surface area (Å²) in [6.07, 6.45) is -0.183. The lowest BCUT2D eigenvalue weighted by atomic mass is 9.95. The first-order valence-corrected chi connectivity index (χ1v) is 19.7. The van der Waals surface area contributed by atoms with Crippen molar-refractivity contribution in [3.8, 4) is 11.5 Å². The molecule has 0 spiro atoms. The van der Waals surface area contributed by atoms with Crippen LogP contribution in [0.1, 0.15) is 44.3 Å². The number of carbonyl (C=O) groups excluding carboxylic acids is 1. The molecule has 2 N–H and O–H groups in total. The van der Waals surface area contributed by atoms with Crippen LogP contribution in [0.5, 0.6) is 11.5 Å². The van der Waals surface area contributed by atoms with Crippen LogP contribution in [0.25, 0.3) is 0 Å². The van der Waals surface area contributed by atoms with E-state index in [0.29, 0.717) is 24.9 Å². The van der Waals surface area contributed by atoms with E-state index in [1.807, 2.05) is 91.0 Å². The lowest BCUT2D eigenvalue weighted by Crippen LogP contribution is -2.38. The quantitative estimate of drug-likeness (QED) is 0.0500. The second-order valence-electron chi connectivity index (χ2n) is 13.3. The molecular formula is C45H42N2O9S. The molecule has 0 aromatic heterocycles. The van der Waals surface area contributed by atoms with Crippen LogP contribution >= 0.6 is 0 Å². The molecule has 6 rings (SSSR count). The van der Waals surface area contributed by atoms with Crippen molar-refractivity contribution in [1.82, 2.24) is 5.32 Å². The van der Waals surface area contributed by atoms with Crippen LogP contribution in [0, 0.1) is 10.1 Å². The molecule has 57 heavy (non-hydrogen) atoms. The van der Waals surface area contributed by atoms with Crippen molar-refractivity contribution in [2.75, 3.05) is 13.7 Å². The van der Waals surface area contributed by atoms with Gasteiger partial charge in [-0.3, -0.25) is 10.1 Å². The van der Waals surface area contributed by atoms with Gasteiger partial charge in [0.1, 0.15) is 24.5 Å². The molecule has 0 aliphatic carbocycles. The minimum absolute atomic E-state index is 0.00798. The van der Waals surface area contributed by atoms with Crippen molar-refractivity contribution in [2.24, 2.45) is 0 Å². The summed E-state index contributed by atoms with van der Waals surface area (Å²) in [4.78, 5) is 24.2. The number of ether oxygens (including phenoxy) is 3. The number of nitro benzene ring substituents is 1. The first-order valence-electron chi connectivity index (χ1n) is 18.3. The fourth-order valence-electron chi connectivity index (χ4n) is 6.29. The maximum Gasteiger partial charge on any atom is 0.341 e. The number of sulfone groups is 1. The molecule has 0 radical (unpaired) electrons. The van der Waals surface area contributed by atoms with E-state index < -0.39 is 32.9 Å². The molecule has 1 unspecified atom stereocenters. The molecule has 0 amide bonds. The number of esters is 1. The zero-order chi connectivity index (χ0) is 40.2. The van der Waals surface area contributed by atoms with Gasteiger partial charge in [0, 0.05) is 12.1 Å². The van der Waals surface area contributed by atoms with Gasteiger partial charge in [0.2, 0.25) is 9.84 Å². The summed E-state index contributed by atoms with van der Waals surface area (Å²) in [5.41, 5.74) is 3.66. The number of hydrogen-bond acceptors (Lipinski definition) is 10. The van der Waals surface area contributed by atoms with E-state index in [0.717, 1.165) is 22.3 Å². The topological polar surface area (TPSA) is 154 Å². The van der Waals surface area contributed by atoms with Gasteiger partial charge in [-0.25, -0.2) is 13.2 Å². The van der Waals surface area contributed by atoms with Gasteiger partial charge in [-0.15, -0.1) is 0 Å². The fraction of sp³-hybridized carbons (Fsp3) is 0.178. The van der Waals surface area contributed by atoms with Gasteiger partial charge in [-0.05, 0) is 83.6 Å². The smallest absolute Gasteiger partial charge is 0.341 e. The maximum absolute atomic E-state index is 13.7. The molecule has 12 heteroatoms. The Morgan fingerprint density at radius 2 is 1.25 bits per heavy atom. The number of methoxy groups -OCH3 is 1. The van der Waals surface area contributed by atoms with Crippen molar-refractivity contribution in [2.45, 2.75) is 48.0 Å². The number of aliphatic hydroxyl groups excluding tert-OH is 1. The molecule has 292 valence electrons. The third-order valence-corrected chi connectivity index (χ3v) is 11.2. The largest absolute Gasteiger partial charge is 0.488 e. The van der Waals surface area contributed by atoms with Crippen molar-refractivity contribution < 1.29 is 37.5 Å². The monoisotopic (exact) mass is 786 g/mol. The molecule has 6 aromatic rings. The lowest BCUT2D eigenvalue weighted by Gasteiger charge is -2.25. The van der Waals surface area contributed by atoms with Crippen LogP contribution in [-0.2, 0) is 40.6 Å². The molecule has 6 aromatic carbocycles. The van der Waals surface area contributed by atoms with E-state index in [2.05, 4.69) is 5.32 Å². The van der Waals surface area contributed by atoms with Crippen LogP contribution in [0.15, 0.2) is 161 Å². The molecule has 0 aliphatic rings. The third kappa shape index (κ3) is 10.5. The van der Waals surface area contributed by atoms with Crippen molar-refractivity contribution in [1.29, 1.82) is 0 Å². The van der Waals surface area contributed by atoms with E-state index >= 15 is 0 Å². The second-order valence-corrected chi connectivity index (χ2v) is 15.2. The molecule has 0 fully saturated rings. The predicted molar refractivity (Wildman–Crippen MR) is 215 cm³/mol. The van der Waals surface area contributed by atoms with Crippen molar-refractivity contribution >= 4 is 21.5 Å². The standard InChI is InChI=1S/C45H42N2O9S/c1-54-45(49)39-29-38(22-24-42(39)55-30-34-13-7-3-8-14-34)57(52,53)37-20-17-32(18-21-37)25-26-46-40(27-33-11-5-2-6-12-33)44(48)36-19-23-43(41(28-36)47(50)51)56-31-35-15-9-4-10-16-35/h2-24,28-29,40,44,46,48H,25-27,30-31H2,1H3/t40?,44-/m1/s1. The molecule has 0 saturated heterocycles. The Labute approximate surface area is 331 Å². The van der Waals surface area contributed by atoms with E-state index in [-0.39, 0.29) is 45.8 Å². The average molecular weight is 787 g/mol. The van der Waals surface area contributed by atoms with Gasteiger partial charge < -0.3 is 24.6 Å². The highest BCUT2D eigenvalue weighted by Crippen LogP contribution is 2.33. The highest BCUT2D eigenvalue weighted by molar-refractivity contribution is 7.91. The number of nitrogens with one attached hydrogen (secondary N) is 1. The molecule has 0 bridgehead atoms. The number of aliphatic hydroxyl groups is 1. The molecule has 0 heterocycles. The Bertz CT molecular complexity index is 2380. The Morgan fingerprint density at radius 1 is 0.702 bits per heavy atom. The highest BCUT2D eigenvalue weighted by atomic mass is 32.2. The van der Waals surface area contributed by atoms with Crippen LogP contribution in [0.4, 0.5) is 5.69 Å². The molecule has 0 aliphatic heterocycles. The van der Waals surface area contributed by atoms with E-state index in [4.69, 9.17) is 14.2 Å². The normalized spacial score (nSPS) is 12.3. The summed E-state index contributed by atoms with van der Waals surface area (Å²) < 4.78 is 43.9. The lowest BCUT2D eigenvalue weighted by molar-refractivity contribution is -0.386. The fourth-order valence-corrected chi connectivity index (χ4v) is 7.58. The first kappa shape index (κ1) is 40.3. The molecule has 2 atom stereocenters. The SMILES string of the molecule is COC(=O)c1cc(S(=O)(=O)c2ccc(CCNC(Cc3ccccc3)[C@H](O)c3ccc(OCc4ccccc4)c([N+](=O)[O-])c3)cc2)ccc1OCc1ccccc1. The highest BCUT2D eigenvalue weighted by Gasteiger charge is 2.26. The van der Waals surface area contributed by atoms with Gasteiger partial charge in [0.25, 0.3) is 0 Å². The van der Waals surface area contributed by atoms with Gasteiger partial charge in [-0.2, -0.15) is 0 Å². The Balaban J connectivity index is 1.14. The Hall–Kier alpha value is -6.34. The number of carbonyl (C=O) groups is 1. The van der Waals surface area contributed by atoms with Gasteiger partial charge in [0.05, 0.1) is 27.9 Å². The number of hydrogen-bond donors (Lipinski definition) is 2. The molecule has 11 nitrogen and oxygen atoms in total. The Kier molecular flexibility index (Phi) is 13.4. The average Bonchev–Trinajstić information content (AvgIpc) is 3.25. The van der Waals surface area contributed by atoms with Crippen LogP contribution in [0.2, 0.25) is 0 Å². The summed E-state index contributed by atoms with van der Waals surface area (Å²) in [5.74, 6) is -0.422. The van der Waals surface area contributed by atoms with Crippen LogP contribution in [0.3, 0.4) is 0 Å². The van der Waals surface area contributed by atoms with Crippen molar-refractivity contribution in [3.05, 3.63) is 195 Å². The zero-order valence-electron chi connectivity index (χ0n) is 31.2. The summed E-state index contributed by atoms with van der Waals surface area (Å²) >= 11 is 0. The van der Waals surface area contributed by atoms with E-state index in [1.54, 1.807) is 18.2 Å². The van der Waals surface area contributed by atoms with Gasteiger partial charge >= 0.3 is 11.7 Å². The number of benzene rings is 6. The predicted octanol–water partition coefficient (Wildman–Crippen LogP) is 7.85. The second kappa shape index (κ2) is 19.0. The van der Waals surface area contributed by atoms with E-state index in [1.165, 1.54) is 49.6 Å². The minimum atomic E-state index is -4.01. The zero-order valence-corrected chi connectivity index (χ0v) is 32.0. The summed E-state index contributed by atoms with van der Waals surface area (Å²) in [5, 5.41) is 27.1. The van der Waals surface area contributed by atoms with Gasteiger partial charge in [-0.1, -0.05) is 109 Å². The Morgan fingerprint density at radius 3 is 1.82 bits per heavy atom. The summed E-state index contributed by atoms with van der Waals surface area (Å²) in [6.45, 7) is 0.747. The minimum Gasteiger partial charge on any atom is -0.488 e. The number of nitrogens with zero attached hydrogens (tertiary/aromatic N) is 1. The molecule has 0 saturated carbocycles. The van der Waals surface area contributed by atoms with Gasteiger partial charge in [0.15, 0.2) is 5.75 Å².